The van der Waals surface area contributed by atoms with Crippen LogP contribution in [0, 0.1) is 5.82 Å². The predicted octanol–water partition coefficient (Wildman–Crippen LogP) is 3.62. The van der Waals surface area contributed by atoms with Gasteiger partial charge in [-0.3, -0.25) is 9.69 Å². The van der Waals surface area contributed by atoms with Gasteiger partial charge in [0.25, 0.3) is 5.91 Å². The second-order valence-corrected chi connectivity index (χ2v) is 8.16. The zero-order valence-electron chi connectivity index (χ0n) is 17.0. The first-order valence-electron chi connectivity index (χ1n) is 10.4. The van der Waals surface area contributed by atoms with E-state index in [1.54, 1.807) is 11.1 Å². The van der Waals surface area contributed by atoms with Crippen molar-refractivity contribution in [2.24, 2.45) is 0 Å². The quantitative estimate of drug-likeness (QED) is 0.735. The van der Waals surface area contributed by atoms with Crippen molar-refractivity contribution in [3.8, 4) is 5.75 Å². The van der Waals surface area contributed by atoms with Crippen LogP contribution < -0.4 is 15.0 Å². The summed E-state index contributed by atoms with van der Waals surface area (Å²) in [6.45, 7) is 1.13. The lowest BCUT2D eigenvalue weighted by Crippen LogP contribution is -2.46. The van der Waals surface area contributed by atoms with Crippen LogP contribution in [0.4, 0.5) is 15.0 Å². The fourth-order valence-corrected chi connectivity index (χ4v) is 4.25. The van der Waals surface area contributed by atoms with E-state index in [1.807, 2.05) is 23.1 Å². The molecule has 0 atom stereocenters. The third kappa shape index (κ3) is 5.07. The Bertz CT molecular complexity index is 938. The smallest absolute Gasteiger partial charge is 0.326 e. The summed E-state index contributed by atoms with van der Waals surface area (Å²) in [6, 6.07) is 9.81. The van der Waals surface area contributed by atoms with E-state index in [9.17, 15) is 14.0 Å². The van der Waals surface area contributed by atoms with E-state index >= 15 is 0 Å². The summed E-state index contributed by atoms with van der Waals surface area (Å²) in [6.07, 6.45) is 4.93. The van der Waals surface area contributed by atoms with Gasteiger partial charge in [-0.25, -0.2) is 14.2 Å². The van der Waals surface area contributed by atoms with E-state index in [1.165, 1.54) is 12.1 Å². The first kappa shape index (κ1) is 21.4. The third-order valence-corrected chi connectivity index (χ3v) is 6.04. The molecule has 164 valence electrons. The lowest BCUT2D eigenvalue weighted by molar-refractivity contribution is -0.124. The number of anilines is 1. The van der Waals surface area contributed by atoms with Crippen LogP contribution in [0.25, 0.3) is 0 Å². The number of amides is 3. The number of nitrogens with zero attached hydrogens (tertiary/aromatic N) is 3. The van der Waals surface area contributed by atoms with Gasteiger partial charge in [-0.15, -0.1) is 0 Å². The maximum atomic E-state index is 13.4. The highest BCUT2D eigenvalue weighted by molar-refractivity contribution is 6.30. The Balaban J connectivity index is 1.22. The van der Waals surface area contributed by atoms with E-state index in [0.29, 0.717) is 18.9 Å². The summed E-state index contributed by atoms with van der Waals surface area (Å²) in [5, 5.41) is 2.97. The number of carbonyl (C=O) groups excluding carboxylic acids is 2. The summed E-state index contributed by atoms with van der Waals surface area (Å²) in [5.41, 5.74) is 0. The molecule has 1 saturated heterocycles. The summed E-state index contributed by atoms with van der Waals surface area (Å²) in [7, 11) is 0. The van der Waals surface area contributed by atoms with Crippen LogP contribution in [0.15, 0.2) is 42.6 Å². The van der Waals surface area contributed by atoms with Crippen molar-refractivity contribution < 1.29 is 18.7 Å². The highest BCUT2D eigenvalue weighted by Gasteiger charge is 2.36. The third-order valence-electron chi connectivity index (χ3n) is 5.73. The maximum Gasteiger partial charge on any atom is 0.326 e. The molecule has 1 N–H and O–H groups in total. The molecular formula is C22H24ClFN4O3. The second-order valence-electron chi connectivity index (χ2n) is 7.75. The van der Waals surface area contributed by atoms with Gasteiger partial charge in [0.05, 0.1) is 5.02 Å². The Morgan fingerprint density at radius 3 is 2.71 bits per heavy atom. The standard InChI is InChI=1S/C22H24ClFN4O3/c23-18-9-8-17(13-19(18)24)31-14-21(29)26-15-4-6-16(7-5-15)27-11-12-28(22(27)30)20-3-1-2-10-25-20/h1-3,8-10,13,15-16H,4-7,11-12,14H2,(H,26,29). The molecule has 2 fully saturated rings. The molecule has 2 heterocycles. The molecule has 1 aromatic heterocycles. The molecule has 1 saturated carbocycles. The van der Waals surface area contributed by atoms with Crippen LogP contribution in [-0.2, 0) is 4.79 Å². The lowest BCUT2D eigenvalue weighted by Gasteiger charge is -2.34. The maximum absolute atomic E-state index is 13.4. The molecule has 7 nitrogen and oxygen atoms in total. The van der Waals surface area contributed by atoms with Gasteiger partial charge < -0.3 is 15.0 Å². The number of rotatable bonds is 6. The number of hydrogen-bond acceptors (Lipinski definition) is 4. The number of urea groups is 1. The van der Waals surface area contributed by atoms with E-state index in [4.69, 9.17) is 16.3 Å². The Morgan fingerprint density at radius 1 is 1.19 bits per heavy atom. The monoisotopic (exact) mass is 446 g/mol. The van der Waals surface area contributed by atoms with Crippen LogP contribution in [0.2, 0.25) is 5.02 Å². The summed E-state index contributed by atoms with van der Waals surface area (Å²) in [5.74, 6) is 0.0932. The van der Waals surface area contributed by atoms with Crippen molar-refractivity contribution >= 4 is 29.4 Å². The van der Waals surface area contributed by atoms with Crippen LogP contribution >= 0.6 is 11.6 Å². The van der Waals surface area contributed by atoms with Crippen molar-refractivity contribution in [1.82, 2.24) is 15.2 Å². The largest absolute Gasteiger partial charge is 0.484 e. The van der Waals surface area contributed by atoms with Gasteiger partial charge in [0.2, 0.25) is 0 Å². The SMILES string of the molecule is O=C(COc1ccc(Cl)c(F)c1)NC1CCC(N2CCN(c3ccccn3)C2=O)CC1. The van der Waals surface area contributed by atoms with Crippen LogP contribution in [-0.4, -0.2) is 53.6 Å². The second kappa shape index (κ2) is 9.51. The molecule has 1 aromatic carbocycles. The predicted molar refractivity (Wildman–Crippen MR) is 115 cm³/mol. The van der Waals surface area contributed by atoms with Crippen LogP contribution in [0.3, 0.4) is 0 Å². The minimum atomic E-state index is -0.587. The van der Waals surface area contributed by atoms with E-state index < -0.39 is 5.82 Å². The summed E-state index contributed by atoms with van der Waals surface area (Å²) in [4.78, 5) is 32.9. The van der Waals surface area contributed by atoms with Gasteiger partial charge in [0, 0.05) is 37.4 Å². The van der Waals surface area contributed by atoms with Crippen molar-refractivity contribution in [3.05, 3.63) is 53.4 Å². The van der Waals surface area contributed by atoms with Gasteiger partial charge in [-0.05, 0) is 49.9 Å². The van der Waals surface area contributed by atoms with Crippen molar-refractivity contribution in [2.75, 3.05) is 24.6 Å². The summed E-state index contributed by atoms with van der Waals surface area (Å²) >= 11 is 5.64. The van der Waals surface area contributed by atoms with Gasteiger partial charge in [0.15, 0.2) is 6.61 Å². The first-order valence-corrected chi connectivity index (χ1v) is 10.8. The number of nitrogens with one attached hydrogen (secondary N) is 1. The molecule has 2 aromatic rings. The number of hydrogen-bond donors (Lipinski definition) is 1. The average Bonchev–Trinajstić information content (AvgIpc) is 3.17. The Kier molecular flexibility index (Phi) is 6.56. The van der Waals surface area contributed by atoms with E-state index in [0.717, 1.165) is 31.7 Å². The molecule has 1 aliphatic heterocycles. The van der Waals surface area contributed by atoms with Gasteiger partial charge in [-0.1, -0.05) is 17.7 Å². The molecule has 0 radical (unpaired) electrons. The molecule has 3 amide bonds. The van der Waals surface area contributed by atoms with Gasteiger partial charge in [-0.2, -0.15) is 0 Å². The van der Waals surface area contributed by atoms with Crippen LogP contribution in [0.1, 0.15) is 25.7 Å². The van der Waals surface area contributed by atoms with Crippen molar-refractivity contribution in [3.63, 3.8) is 0 Å². The molecule has 31 heavy (non-hydrogen) atoms. The van der Waals surface area contributed by atoms with Crippen LogP contribution in [0.5, 0.6) is 5.75 Å². The Hall–Kier alpha value is -2.87. The first-order chi connectivity index (χ1) is 15.0. The fourth-order valence-electron chi connectivity index (χ4n) is 4.14. The molecule has 9 heteroatoms. The molecule has 1 aliphatic carbocycles. The minimum Gasteiger partial charge on any atom is -0.484 e. The Morgan fingerprint density at radius 2 is 2.00 bits per heavy atom. The molecular weight excluding hydrogens is 423 g/mol. The highest BCUT2D eigenvalue weighted by atomic mass is 35.5. The Labute approximate surface area is 185 Å². The zero-order valence-corrected chi connectivity index (χ0v) is 17.7. The number of aromatic nitrogens is 1. The topological polar surface area (TPSA) is 74.8 Å². The summed E-state index contributed by atoms with van der Waals surface area (Å²) < 4.78 is 18.8. The van der Waals surface area contributed by atoms with Gasteiger partial charge in [0.1, 0.15) is 17.4 Å². The number of ether oxygens (including phenoxy) is 1. The number of halogens is 2. The molecule has 0 unspecified atom stereocenters. The number of benzene rings is 1. The fraction of sp³-hybridized carbons (Fsp3) is 0.409. The van der Waals surface area contributed by atoms with E-state index in [2.05, 4.69) is 10.3 Å². The van der Waals surface area contributed by atoms with E-state index in [-0.39, 0.29) is 41.4 Å². The average molecular weight is 447 g/mol. The van der Waals surface area contributed by atoms with Crippen molar-refractivity contribution in [1.29, 1.82) is 0 Å². The lowest BCUT2D eigenvalue weighted by atomic mass is 9.90. The molecule has 0 spiro atoms. The molecule has 2 aliphatic rings. The molecule has 0 bridgehead atoms. The number of carbonyl (C=O) groups is 2. The van der Waals surface area contributed by atoms with Gasteiger partial charge >= 0.3 is 6.03 Å². The highest BCUT2D eigenvalue weighted by Crippen LogP contribution is 2.28. The zero-order chi connectivity index (χ0) is 21.8. The minimum absolute atomic E-state index is 0.00483. The normalized spacial score (nSPS) is 21.3. The molecule has 4 rings (SSSR count). The number of pyridine rings is 1. The van der Waals surface area contributed by atoms with Crippen molar-refractivity contribution in [2.45, 2.75) is 37.8 Å².